The summed E-state index contributed by atoms with van der Waals surface area (Å²) < 4.78 is 0. The third-order valence-corrected chi connectivity index (χ3v) is 3.48. The maximum absolute atomic E-state index is 11.8. The predicted octanol–water partition coefficient (Wildman–Crippen LogP) is 1.09. The quantitative estimate of drug-likeness (QED) is 0.746. The number of carbonyl (C=O) groups is 2. The number of rotatable bonds is 6. The lowest BCUT2D eigenvalue weighted by atomic mass is 9.85. The first-order valence-electron chi connectivity index (χ1n) is 6.49. The van der Waals surface area contributed by atoms with E-state index < -0.39 is 11.4 Å². The minimum Gasteiger partial charge on any atom is -0.481 e. The van der Waals surface area contributed by atoms with Gasteiger partial charge in [-0.05, 0) is 31.8 Å². The molecule has 0 aromatic carbocycles. The van der Waals surface area contributed by atoms with E-state index in [-0.39, 0.29) is 18.7 Å². The number of carbonyl (C=O) groups excluding carboxylic acids is 1. The summed E-state index contributed by atoms with van der Waals surface area (Å²) in [6.45, 7) is 5.37. The maximum atomic E-state index is 11.8. The molecule has 0 aromatic heterocycles. The zero-order valence-corrected chi connectivity index (χ0v) is 11.5. The van der Waals surface area contributed by atoms with Crippen LogP contribution in [0.4, 0.5) is 0 Å². The van der Waals surface area contributed by atoms with Gasteiger partial charge in [-0.25, -0.2) is 0 Å². The fourth-order valence-corrected chi connectivity index (χ4v) is 2.44. The summed E-state index contributed by atoms with van der Waals surface area (Å²) in [4.78, 5) is 24.7. The molecule has 0 bridgehead atoms. The van der Waals surface area contributed by atoms with Gasteiger partial charge in [0, 0.05) is 19.0 Å². The molecule has 0 aromatic rings. The van der Waals surface area contributed by atoms with Crippen LogP contribution < -0.4 is 5.32 Å². The summed E-state index contributed by atoms with van der Waals surface area (Å²) in [5.74, 6) is -0.912. The number of likely N-dealkylation sites (N-methyl/N-ethyl adjacent to an activating group) is 1. The van der Waals surface area contributed by atoms with Crippen LogP contribution in [0.15, 0.2) is 0 Å². The fraction of sp³-hybridized carbons (Fsp3) is 0.846. The summed E-state index contributed by atoms with van der Waals surface area (Å²) in [7, 11) is 2.07. The second kappa shape index (κ2) is 6.18. The van der Waals surface area contributed by atoms with Gasteiger partial charge in [-0.15, -0.1) is 0 Å². The van der Waals surface area contributed by atoms with Gasteiger partial charge in [-0.2, -0.15) is 0 Å². The largest absolute Gasteiger partial charge is 0.481 e. The van der Waals surface area contributed by atoms with Crippen molar-refractivity contribution >= 4 is 11.9 Å². The Morgan fingerprint density at radius 2 is 2.06 bits per heavy atom. The molecule has 1 amide bonds. The molecule has 1 fully saturated rings. The smallest absolute Gasteiger partial charge is 0.303 e. The second-order valence-electron chi connectivity index (χ2n) is 5.99. The maximum Gasteiger partial charge on any atom is 0.303 e. The molecule has 2 N–H and O–H groups in total. The lowest BCUT2D eigenvalue weighted by molar-refractivity contribution is -0.139. The molecular formula is C13H24N2O3. The molecule has 1 atom stereocenters. The number of nitrogens with one attached hydrogen (secondary N) is 1. The molecule has 1 heterocycles. The number of carboxylic acids is 1. The van der Waals surface area contributed by atoms with Crippen molar-refractivity contribution in [3.05, 3.63) is 0 Å². The van der Waals surface area contributed by atoms with Crippen LogP contribution in [-0.2, 0) is 9.59 Å². The fourth-order valence-electron chi connectivity index (χ4n) is 2.44. The van der Waals surface area contributed by atoms with E-state index in [9.17, 15) is 9.59 Å². The number of aliphatic carboxylic acids is 1. The number of likely N-dealkylation sites (tertiary alicyclic amines) is 1. The van der Waals surface area contributed by atoms with E-state index in [4.69, 9.17) is 5.11 Å². The second-order valence-corrected chi connectivity index (χ2v) is 5.99. The summed E-state index contributed by atoms with van der Waals surface area (Å²) >= 11 is 0. The standard InChI is InChI=1S/C13H24N2O3/c1-13(2,8-12(17)18)7-11(16)14-9-10-5-4-6-15(10)3/h10H,4-9H2,1-3H3,(H,14,16)(H,17,18). The minimum atomic E-state index is -0.858. The molecule has 1 unspecified atom stereocenters. The zero-order valence-electron chi connectivity index (χ0n) is 11.5. The highest BCUT2D eigenvalue weighted by Crippen LogP contribution is 2.24. The van der Waals surface area contributed by atoms with E-state index in [0.29, 0.717) is 12.6 Å². The first-order valence-corrected chi connectivity index (χ1v) is 6.49. The lowest BCUT2D eigenvalue weighted by Gasteiger charge is -2.23. The molecule has 18 heavy (non-hydrogen) atoms. The normalized spacial score (nSPS) is 20.9. The monoisotopic (exact) mass is 256 g/mol. The van der Waals surface area contributed by atoms with Gasteiger partial charge in [0.15, 0.2) is 0 Å². The van der Waals surface area contributed by atoms with Gasteiger partial charge in [-0.3, -0.25) is 9.59 Å². The molecule has 1 saturated heterocycles. The Bertz CT molecular complexity index is 315. The Morgan fingerprint density at radius 3 is 2.56 bits per heavy atom. The van der Waals surface area contributed by atoms with Crippen LogP contribution in [0, 0.1) is 5.41 Å². The van der Waals surface area contributed by atoms with E-state index in [1.165, 1.54) is 6.42 Å². The highest BCUT2D eigenvalue weighted by molar-refractivity contribution is 5.77. The summed E-state index contributed by atoms with van der Waals surface area (Å²) in [6.07, 6.45) is 2.58. The first kappa shape index (κ1) is 15.0. The molecule has 0 radical (unpaired) electrons. The number of carboxylic acid groups (broad SMARTS) is 1. The van der Waals surface area contributed by atoms with Crippen LogP contribution in [0.5, 0.6) is 0 Å². The van der Waals surface area contributed by atoms with E-state index in [2.05, 4.69) is 17.3 Å². The molecule has 0 spiro atoms. The Morgan fingerprint density at radius 1 is 1.39 bits per heavy atom. The SMILES string of the molecule is CN1CCCC1CNC(=O)CC(C)(C)CC(=O)O. The van der Waals surface area contributed by atoms with Gasteiger partial charge < -0.3 is 15.3 Å². The van der Waals surface area contributed by atoms with E-state index in [1.807, 2.05) is 13.8 Å². The Kier molecular flexibility index (Phi) is 5.14. The van der Waals surface area contributed by atoms with Crippen molar-refractivity contribution < 1.29 is 14.7 Å². The van der Waals surface area contributed by atoms with Crippen LogP contribution >= 0.6 is 0 Å². The number of nitrogens with zero attached hydrogens (tertiary/aromatic N) is 1. The van der Waals surface area contributed by atoms with Crippen LogP contribution in [0.3, 0.4) is 0 Å². The Balaban J connectivity index is 2.30. The summed E-state index contributed by atoms with van der Waals surface area (Å²) in [6, 6.07) is 0.427. The molecular weight excluding hydrogens is 232 g/mol. The Hall–Kier alpha value is -1.10. The number of hydrogen-bond acceptors (Lipinski definition) is 3. The third kappa shape index (κ3) is 5.04. The molecule has 104 valence electrons. The molecule has 1 aliphatic rings. The number of amides is 1. The molecule has 1 aliphatic heterocycles. The summed E-state index contributed by atoms with van der Waals surface area (Å²) in [5, 5.41) is 11.7. The van der Waals surface area contributed by atoms with Gasteiger partial charge in [0.2, 0.25) is 5.91 Å². The van der Waals surface area contributed by atoms with Crippen molar-refractivity contribution in [2.45, 2.75) is 45.6 Å². The average Bonchev–Trinajstić information content (AvgIpc) is 2.58. The molecule has 0 aliphatic carbocycles. The van der Waals surface area contributed by atoms with Gasteiger partial charge >= 0.3 is 5.97 Å². The van der Waals surface area contributed by atoms with Crippen molar-refractivity contribution in [2.24, 2.45) is 5.41 Å². The van der Waals surface area contributed by atoms with Crippen LogP contribution in [-0.4, -0.2) is 48.1 Å². The van der Waals surface area contributed by atoms with Crippen molar-refractivity contribution in [3.63, 3.8) is 0 Å². The minimum absolute atomic E-state index is 0.0176. The summed E-state index contributed by atoms with van der Waals surface area (Å²) in [5.41, 5.74) is -0.489. The van der Waals surface area contributed by atoms with E-state index in [0.717, 1.165) is 13.0 Å². The predicted molar refractivity (Wildman–Crippen MR) is 69.3 cm³/mol. The highest BCUT2D eigenvalue weighted by atomic mass is 16.4. The number of hydrogen-bond donors (Lipinski definition) is 2. The Labute approximate surface area is 109 Å². The zero-order chi connectivity index (χ0) is 13.8. The van der Waals surface area contributed by atoms with Crippen molar-refractivity contribution in [1.82, 2.24) is 10.2 Å². The lowest BCUT2D eigenvalue weighted by Crippen LogP contribution is -2.39. The van der Waals surface area contributed by atoms with Gasteiger partial charge in [0.1, 0.15) is 0 Å². The van der Waals surface area contributed by atoms with E-state index >= 15 is 0 Å². The van der Waals surface area contributed by atoms with Gasteiger partial charge in [0.25, 0.3) is 0 Å². The molecule has 5 heteroatoms. The first-order chi connectivity index (χ1) is 8.30. The van der Waals surface area contributed by atoms with Crippen molar-refractivity contribution in [1.29, 1.82) is 0 Å². The van der Waals surface area contributed by atoms with Crippen LogP contribution in [0.25, 0.3) is 0 Å². The molecule has 1 rings (SSSR count). The van der Waals surface area contributed by atoms with Crippen LogP contribution in [0.1, 0.15) is 39.5 Å². The van der Waals surface area contributed by atoms with E-state index in [1.54, 1.807) is 0 Å². The third-order valence-electron chi connectivity index (χ3n) is 3.48. The highest BCUT2D eigenvalue weighted by Gasteiger charge is 2.26. The van der Waals surface area contributed by atoms with Gasteiger partial charge in [-0.1, -0.05) is 13.8 Å². The topological polar surface area (TPSA) is 69.6 Å². The van der Waals surface area contributed by atoms with Crippen molar-refractivity contribution in [3.8, 4) is 0 Å². The van der Waals surface area contributed by atoms with Crippen molar-refractivity contribution in [2.75, 3.05) is 20.1 Å². The average molecular weight is 256 g/mol. The molecule has 0 saturated carbocycles. The van der Waals surface area contributed by atoms with Crippen LogP contribution in [0.2, 0.25) is 0 Å². The molecule has 5 nitrogen and oxygen atoms in total. The van der Waals surface area contributed by atoms with Gasteiger partial charge in [0.05, 0.1) is 6.42 Å².